The molecule has 4 nitrogen and oxygen atoms in total. The zero-order valence-electron chi connectivity index (χ0n) is 19.6. The van der Waals surface area contributed by atoms with Crippen molar-refractivity contribution in [3.05, 3.63) is 66.2 Å². The second kappa shape index (κ2) is 9.91. The average Bonchev–Trinajstić information content (AvgIpc) is 2.80. The summed E-state index contributed by atoms with van der Waals surface area (Å²) in [7, 11) is 1.65. The molecule has 2 aliphatic rings. The van der Waals surface area contributed by atoms with Crippen molar-refractivity contribution in [2.24, 2.45) is 17.8 Å². The number of methoxy groups -OCH3 is 1. The quantitative estimate of drug-likeness (QED) is 0.505. The van der Waals surface area contributed by atoms with Gasteiger partial charge in [0.2, 0.25) is 0 Å². The number of hydrogen-bond donors (Lipinski definition) is 0. The van der Waals surface area contributed by atoms with Gasteiger partial charge in [-0.1, -0.05) is 69.7 Å². The van der Waals surface area contributed by atoms with Crippen molar-refractivity contribution < 1.29 is 14.3 Å². The molecule has 0 N–H and O–H groups in total. The molecule has 1 saturated carbocycles. The highest BCUT2D eigenvalue weighted by Crippen LogP contribution is 2.39. The van der Waals surface area contributed by atoms with E-state index in [0.717, 1.165) is 23.4 Å². The predicted octanol–water partition coefficient (Wildman–Crippen LogP) is 5.97. The second-order valence-electron chi connectivity index (χ2n) is 9.59. The van der Waals surface area contributed by atoms with Gasteiger partial charge in [-0.2, -0.15) is 0 Å². The van der Waals surface area contributed by atoms with Crippen LogP contribution < -0.4 is 9.64 Å². The van der Waals surface area contributed by atoms with Crippen molar-refractivity contribution in [1.29, 1.82) is 0 Å². The number of carbonyl (C=O) groups is 1. The third-order valence-corrected chi connectivity index (χ3v) is 7.01. The lowest BCUT2D eigenvalue weighted by Gasteiger charge is -2.48. The van der Waals surface area contributed by atoms with Crippen molar-refractivity contribution in [3.63, 3.8) is 0 Å². The summed E-state index contributed by atoms with van der Waals surface area (Å²) < 4.78 is 11.9. The van der Waals surface area contributed by atoms with E-state index < -0.39 is 6.10 Å². The Kier molecular flexibility index (Phi) is 7.00. The molecule has 0 bridgehead atoms. The highest BCUT2D eigenvalue weighted by atomic mass is 16.5. The minimum atomic E-state index is -0.436. The SMILES string of the molecule is COc1ccc(N2C(=O)[C@H](O[C@@H]3C[C@H](C)CC[C@@H]3C(C)C)[C@@H]2/C=C\c2ccccc2)cc1. The Morgan fingerprint density at radius 1 is 1.03 bits per heavy atom. The lowest BCUT2D eigenvalue weighted by Crippen LogP contribution is -2.66. The molecule has 1 amide bonds. The van der Waals surface area contributed by atoms with Gasteiger partial charge in [0.1, 0.15) is 5.75 Å². The zero-order valence-corrected chi connectivity index (χ0v) is 19.6. The first-order chi connectivity index (χ1) is 15.5. The Balaban J connectivity index is 1.58. The Bertz CT molecular complexity index is 921. The van der Waals surface area contributed by atoms with Crippen LogP contribution in [-0.4, -0.2) is 31.3 Å². The molecule has 4 heteroatoms. The van der Waals surface area contributed by atoms with Gasteiger partial charge in [0.25, 0.3) is 5.91 Å². The molecular formula is C28H35NO3. The van der Waals surface area contributed by atoms with Gasteiger partial charge in [-0.15, -0.1) is 0 Å². The van der Waals surface area contributed by atoms with E-state index in [0.29, 0.717) is 17.8 Å². The molecule has 1 aliphatic heterocycles. The highest BCUT2D eigenvalue weighted by Gasteiger charge is 2.50. The molecule has 2 aromatic rings. The van der Waals surface area contributed by atoms with Gasteiger partial charge in [-0.05, 0) is 60.4 Å². The lowest BCUT2D eigenvalue weighted by molar-refractivity contribution is -0.154. The summed E-state index contributed by atoms with van der Waals surface area (Å²) >= 11 is 0. The number of benzene rings is 2. The number of carbonyl (C=O) groups excluding carboxylic acids is 1. The molecule has 0 aromatic heterocycles. The molecule has 170 valence electrons. The Morgan fingerprint density at radius 2 is 1.75 bits per heavy atom. The number of nitrogens with zero attached hydrogens (tertiary/aromatic N) is 1. The van der Waals surface area contributed by atoms with Crippen molar-refractivity contribution in [1.82, 2.24) is 0 Å². The number of hydrogen-bond acceptors (Lipinski definition) is 3. The third kappa shape index (κ3) is 4.75. The first-order valence-electron chi connectivity index (χ1n) is 11.8. The Morgan fingerprint density at radius 3 is 2.41 bits per heavy atom. The maximum atomic E-state index is 13.3. The topological polar surface area (TPSA) is 38.8 Å². The molecule has 1 saturated heterocycles. The van der Waals surface area contributed by atoms with Crippen molar-refractivity contribution in [2.45, 2.75) is 58.3 Å². The summed E-state index contributed by atoms with van der Waals surface area (Å²) in [6.07, 6.45) is 7.36. The van der Waals surface area contributed by atoms with E-state index in [-0.39, 0.29) is 18.1 Å². The minimum Gasteiger partial charge on any atom is -0.497 e. The van der Waals surface area contributed by atoms with Crippen LogP contribution in [0.3, 0.4) is 0 Å². The fourth-order valence-electron chi connectivity index (χ4n) is 5.08. The van der Waals surface area contributed by atoms with Crippen LogP contribution in [0.5, 0.6) is 5.75 Å². The number of ether oxygens (including phenoxy) is 2. The van der Waals surface area contributed by atoms with Gasteiger partial charge in [0.05, 0.1) is 19.3 Å². The lowest BCUT2D eigenvalue weighted by atomic mass is 9.75. The fourth-order valence-corrected chi connectivity index (χ4v) is 5.08. The molecule has 4 rings (SSSR count). The maximum Gasteiger partial charge on any atom is 0.259 e. The molecule has 2 fully saturated rings. The van der Waals surface area contributed by atoms with Crippen LogP contribution >= 0.6 is 0 Å². The summed E-state index contributed by atoms with van der Waals surface area (Å²) in [5, 5.41) is 0. The zero-order chi connectivity index (χ0) is 22.7. The first kappa shape index (κ1) is 22.6. The largest absolute Gasteiger partial charge is 0.497 e. The van der Waals surface area contributed by atoms with Gasteiger partial charge in [0, 0.05) is 5.69 Å². The van der Waals surface area contributed by atoms with Gasteiger partial charge < -0.3 is 9.47 Å². The van der Waals surface area contributed by atoms with E-state index in [1.165, 1.54) is 12.8 Å². The monoisotopic (exact) mass is 433 g/mol. The number of amides is 1. The predicted molar refractivity (Wildman–Crippen MR) is 130 cm³/mol. The summed E-state index contributed by atoms with van der Waals surface area (Å²) in [5.74, 6) is 2.52. The Hall–Kier alpha value is -2.59. The molecule has 32 heavy (non-hydrogen) atoms. The molecule has 5 atom stereocenters. The van der Waals surface area contributed by atoms with E-state index >= 15 is 0 Å². The second-order valence-corrected chi connectivity index (χ2v) is 9.59. The van der Waals surface area contributed by atoms with E-state index in [4.69, 9.17) is 9.47 Å². The van der Waals surface area contributed by atoms with Crippen molar-refractivity contribution >= 4 is 17.7 Å². The molecule has 0 radical (unpaired) electrons. The molecule has 1 aliphatic carbocycles. The minimum absolute atomic E-state index is 0.0404. The highest BCUT2D eigenvalue weighted by molar-refractivity contribution is 6.05. The molecule has 2 aromatic carbocycles. The van der Waals surface area contributed by atoms with Crippen LogP contribution in [0.2, 0.25) is 0 Å². The number of rotatable bonds is 7. The van der Waals surface area contributed by atoms with Crippen LogP contribution in [0.25, 0.3) is 6.08 Å². The maximum absolute atomic E-state index is 13.3. The van der Waals surface area contributed by atoms with Gasteiger partial charge in [0.15, 0.2) is 6.10 Å². The van der Waals surface area contributed by atoms with Crippen LogP contribution in [-0.2, 0) is 9.53 Å². The summed E-state index contributed by atoms with van der Waals surface area (Å²) in [5.41, 5.74) is 1.99. The standard InChI is InChI=1S/C28H35NO3/c1-19(2)24-16-10-20(3)18-26(24)32-27-25(17-11-21-8-6-5-7-9-21)29(28(27)30)22-12-14-23(31-4)15-13-22/h5-9,11-15,17,19-20,24-27H,10,16,18H2,1-4H3/b17-11-/t20-,24-,25+,26-,27-/m1/s1. The summed E-state index contributed by atoms with van der Waals surface area (Å²) in [6, 6.07) is 17.8. The smallest absolute Gasteiger partial charge is 0.259 e. The van der Waals surface area contributed by atoms with Crippen LogP contribution in [0.4, 0.5) is 5.69 Å². The average molecular weight is 434 g/mol. The van der Waals surface area contributed by atoms with Crippen molar-refractivity contribution in [2.75, 3.05) is 12.0 Å². The van der Waals surface area contributed by atoms with Gasteiger partial charge in [-0.25, -0.2) is 0 Å². The van der Waals surface area contributed by atoms with Crippen LogP contribution in [0.15, 0.2) is 60.7 Å². The first-order valence-corrected chi connectivity index (χ1v) is 11.8. The Labute approximate surface area is 192 Å². The van der Waals surface area contributed by atoms with E-state index in [2.05, 4.69) is 45.1 Å². The number of β-lactam (4-membered cyclic amide) rings is 1. The van der Waals surface area contributed by atoms with Crippen LogP contribution in [0.1, 0.15) is 45.6 Å². The van der Waals surface area contributed by atoms with E-state index in [1.807, 2.05) is 47.4 Å². The van der Waals surface area contributed by atoms with Gasteiger partial charge in [-0.3, -0.25) is 9.69 Å². The molecule has 0 unspecified atom stereocenters. The summed E-state index contributed by atoms with van der Waals surface area (Å²) in [4.78, 5) is 15.2. The van der Waals surface area contributed by atoms with E-state index in [1.54, 1.807) is 7.11 Å². The van der Waals surface area contributed by atoms with Crippen LogP contribution in [0, 0.1) is 17.8 Å². The van der Waals surface area contributed by atoms with Gasteiger partial charge >= 0.3 is 0 Å². The molecule has 1 heterocycles. The third-order valence-electron chi connectivity index (χ3n) is 7.01. The molecule has 0 spiro atoms. The number of anilines is 1. The van der Waals surface area contributed by atoms with E-state index in [9.17, 15) is 4.79 Å². The van der Waals surface area contributed by atoms with Crippen molar-refractivity contribution in [3.8, 4) is 5.75 Å². The summed E-state index contributed by atoms with van der Waals surface area (Å²) in [6.45, 7) is 6.85. The molecular weight excluding hydrogens is 398 g/mol. The normalized spacial score (nSPS) is 28.2. The fraction of sp³-hybridized carbons (Fsp3) is 0.464.